The number of carbonyl (C=O) groups is 2. The van der Waals surface area contributed by atoms with Crippen molar-refractivity contribution in [2.75, 3.05) is 25.7 Å². The number of ether oxygens (including phenoxy) is 1. The Kier molecular flexibility index (Phi) is 10.9. The fourth-order valence-corrected chi connectivity index (χ4v) is 9.26. The summed E-state index contributed by atoms with van der Waals surface area (Å²) in [4.78, 5) is 24.2. The van der Waals surface area contributed by atoms with Gasteiger partial charge in [-0.1, -0.05) is 27.7 Å². The fourth-order valence-electron chi connectivity index (χ4n) is 8.42. The molecule has 4 aliphatic carbocycles. The SMILES string of the molecule is CCC(=O)O[C@H]1CC[C@H]2[C@@H]3CC[C@H]4CC(=O)[C@H](C)C[C@]4(C)[C@H]3CC[C@]12C.CS(=O)(=O)OCCCCOS(C)(=O)=O. The number of ketones is 1. The fraction of sp³-hybridized carbons (Fsp3) is 0.931. The lowest BCUT2D eigenvalue weighted by atomic mass is 9.44. The van der Waals surface area contributed by atoms with Crippen LogP contribution in [0.15, 0.2) is 0 Å². The second kappa shape index (κ2) is 13.1. The highest BCUT2D eigenvalue weighted by molar-refractivity contribution is 7.86. The zero-order chi connectivity index (χ0) is 29.9. The van der Waals surface area contributed by atoms with Crippen LogP contribution >= 0.6 is 0 Å². The molecule has 9 nitrogen and oxygen atoms in total. The van der Waals surface area contributed by atoms with Crippen molar-refractivity contribution in [1.29, 1.82) is 0 Å². The highest BCUT2D eigenvalue weighted by atomic mass is 32.2. The minimum Gasteiger partial charge on any atom is -0.462 e. The van der Waals surface area contributed by atoms with Crippen molar-refractivity contribution in [3.63, 3.8) is 0 Å². The van der Waals surface area contributed by atoms with Gasteiger partial charge in [-0.05, 0) is 86.9 Å². The average Bonchev–Trinajstić information content (AvgIpc) is 3.17. The Bertz CT molecular complexity index is 1080. The molecule has 4 rings (SSSR count). The summed E-state index contributed by atoms with van der Waals surface area (Å²) in [5, 5.41) is 0. The van der Waals surface area contributed by atoms with Crippen LogP contribution in [0, 0.1) is 40.4 Å². The first kappa shape index (κ1) is 33.5. The maximum atomic E-state index is 12.3. The van der Waals surface area contributed by atoms with Crippen molar-refractivity contribution < 1.29 is 39.5 Å². The Hall–Kier alpha value is -1.04. The summed E-state index contributed by atoms with van der Waals surface area (Å²) >= 11 is 0. The molecule has 0 aromatic heterocycles. The minimum absolute atomic E-state index is 0.0331. The highest BCUT2D eigenvalue weighted by Gasteiger charge is 2.61. The molecule has 4 aliphatic rings. The monoisotopic (exact) mass is 606 g/mol. The lowest BCUT2D eigenvalue weighted by Gasteiger charge is -2.60. The second-order valence-corrected chi connectivity index (χ2v) is 16.4. The van der Waals surface area contributed by atoms with Crippen LogP contribution in [0.5, 0.6) is 0 Å². The van der Waals surface area contributed by atoms with E-state index in [4.69, 9.17) is 4.74 Å². The molecule has 4 saturated carbocycles. The molecule has 0 aromatic rings. The van der Waals surface area contributed by atoms with E-state index in [2.05, 4.69) is 29.1 Å². The molecule has 0 bridgehead atoms. The number of esters is 1. The van der Waals surface area contributed by atoms with Crippen molar-refractivity contribution in [2.24, 2.45) is 40.4 Å². The van der Waals surface area contributed by atoms with Crippen LogP contribution in [-0.4, -0.2) is 60.4 Å². The third-order valence-electron chi connectivity index (χ3n) is 10.4. The van der Waals surface area contributed by atoms with E-state index in [0.717, 1.165) is 43.6 Å². The minimum atomic E-state index is -3.40. The van der Waals surface area contributed by atoms with Gasteiger partial charge in [0.2, 0.25) is 0 Å². The first-order chi connectivity index (χ1) is 18.5. The molecule has 0 heterocycles. The normalized spacial score (nSPS) is 37.4. The average molecular weight is 607 g/mol. The van der Waals surface area contributed by atoms with Crippen LogP contribution in [0.25, 0.3) is 0 Å². The van der Waals surface area contributed by atoms with Gasteiger partial charge in [0.25, 0.3) is 20.2 Å². The summed E-state index contributed by atoms with van der Waals surface area (Å²) in [5.41, 5.74) is 0.515. The number of carbonyl (C=O) groups excluding carboxylic acids is 2. The molecule has 0 radical (unpaired) electrons. The van der Waals surface area contributed by atoms with Crippen molar-refractivity contribution >= 4 is 32.0 Å². The van der Waals surface area contributed by atoms with Gasteiger partial charge in [0.15, 0.2) is 0 Å². The molecule has 0 saturated heterocycles. The van der Waals surface area contributed by atoms with E-state index in [9.17, 15) is 26.4 Å². The third-order valence-corrected chi connectivity index (χ3v) is 11.6. The predicted molar refractivity (Wildman–Crippen MR) is 152 cm³/mol. The maximum absolute atomic E-state index is 12.3. The second-order valence-electron chi connectivity index (χ2n) is 13.1. The van der Waals surface area contributed by atoms with Gasteiger partial charge in [-0.3, -0.25) is 18.0 Å². The number of rotatable bonds is 9. The number of unbranched alkanes of at least 4 members (excludes halogenated alkanes) is 1. The lowest BCUT2D eigenvalue weighted by Crippen LogP contribution is -2.55. The van der Waals surface area contributed by atoms with Gasteiger partial charge in [-0.2, -0.15) is 16.8 Å². The quantitative estimate of drug-likeness (QED) is 0.205. The molecule has 4 fully saturated rings. The van der Waals surface area contributed by atoms with Crippen LogP contribution in [0.1, 0.15) is 98.3 Å². The molecular weight excluding hydrogens is 556 g/mol. The number of Topliss-reactive ketones (excluding diaryl/α,β-unsaturated/α-hetero) is 1. The summed E-state index contributed by atoms with van der Waals surface area (Å²) < 4.78 is 56.6. The van der Waals surface area contributed by atoms with Gasteiger partial charge >= 0.3 is 5.97 Å². The summed E-state index contributed by atoms with van der Waals surface area (Å²) in [6, 6.07) is 0. The van der Waals surface area contributed by atoms with Crippen molar-refractivity contribution in [1.82, 2.24) is 0 Å². The van der Waals surface area contributed by atoms with Crippen molar-refractivity contribution in [2.45, 2.75) is 104 Å². The van der Waals surface area contributed by atoms with Gasteiger partial charge in [0.05, 0.1) is 25.7 Å². The molecule has 0 amide bonds. The van der Waals surface area contributed by atoms with E-state index in [-0.39, 0.29) is 36.6 Å². The zero-order valence-electron chi connectivity index (χ0n) is 25.1. The van der Waals surface area contributed by atoms with E-state index in [1.54, 1.807) is 0 Å². The molecule has 40 heavy (non-hydrogen) atoms. The highest BCUT2D eigenvalue weighted by Crippen LogP contribution is 2.66. The van der Waals surface area contributed by atoms with Gasteiger partial charge in [0, 0.05) is 24.2 Å². The number of hydrogen-bond acceptors (Lipinski definition) is 9. The summed E-state index contributed by atoms with van der Waals surface area (Å²) in [6.07, 6.45) is 12.5. The summed E-state index contributed by atoms with van der Waals surface area (Å²) in [5.74, 6) is 3.53. The van der Waals surface area contributed by atoms with E-state index in [1.165, 1.54) is 32.1 Å². The molecule has 0 aromatic carbocycles. The molecule has 11 heteroatoms. The Morgan fingerprint density at radius 3 is 2.00 bits per heavy atom. The number of fused-ring (bicyclic) bond motifs is 5. The number of hydrogen-bond donors (Lipinski definition) is 0. The van der Waals surface area contributed by atoms with Crippen LogP contribution in [-0.2, 0) is 42.9 Å². The van der Waals surface area contributed by atoms with E-state index >= 15 is 0 Å². The van der Waals surface area contributed by atoms with E-state index in [0.29, 0.717) is 42.3 Å². The lowest BCUT2D eigenvalue weighted by molar-refractivity contribution is -0.165. The summed E-state index contributed by atoms with van der Waals surface area (Å²) in [6.45, 7) is 9.04. The Balaban J connectivity index is 0.000000270. The van der Waals surface area contributed by atoms with Crippen LogP contribution in [0.2, 0.25) is 0 Å². The van der Waals surface area contributed by atoms with Crippen LogP contribution < -0.4 is 0 Å². The van der Waals surface area contributed by atoms with Gasteiger partial charge in [-0.25, -0.2) is 0 Å². The Labute approximate surface area is 241 Å². The molecule has 0 N–H and O–H groups in total. The molecule has 0 unspecified atom stereocenters. The van der Waals surface area contributed by atoms with Gasteiger partial charge < -0.3 is 4.74 Å². The largest absolute Gasteiger partial charge is 0.462 e. The van der Waals surface area contributed by atoms with Crippen LogP contribution in [0.3, 0.4) is 0 Å². The van der Waals surface area contributed by atoms with Gasteiger partial charge in [0.1, 0.15) is 11.9 Å². The van der Waals surface area contributed by atoms with Crippen molar-refractivity contribution in [3.8, 4) is 0 Å². The molecule has 232 valence electrons. The smallest absolute Gasteiger partial charge is 0.305 e. The first-order valence-corrected chi connectivity index (χ1v) is 18.5. The Morgan fingerprint density at radius 2 is 1.45 bits per heavy atom. The third kappa shape index (κ3) is 8.07. The standard InChI is InChI=1S/C23H36O3.C6H14O6S2/c1-5-21(25)26-20-9-8-17-16-7-6-15-12-19(24)14(2)13-23(15,4)18(16)10-11-22(17,20)3;1-13(7,8)11-5-3-4-6-12-14(2,9)10/h14-18,20H,5-13H2,1-4H3;3-6H2,1-2H3/t14-,15+,16+,17+,18+,20+,22+,23+;/m1./s1. The van der Waals surface area contributed by atoms with Crippen molar-refractivity contribution in [3.05, 3.63) is 0 Å². The summed E-state index contributed by atoms with van der Waals surface area (Å²) in [7, 11) is -6.80. The maximum Gasteiger partial charge on any atom is 0.305 e. The zero-order valence-corrected chi connectivity index (χ0v) is 26.8. The topological polar surface area (TPSA) is 130 Å². The Morgan fingerprint density at radius 1 is 0.875 bits per heavy atom. The molecule has 8 atom stereocenters. The van der Waals surface area contributed by atoms with E-state index < -0.39 is 20.2 Å². The van der Waals surface area contributed by atoms with Crippen LogP contribution in [0.4, 0.5) is 0 Å². The predicted octanol–water partition coefficient (Wildman–Crippen LogP) is 4.89. The molecule has 0 aliphatic heterocycles. The van der Waals surface area contributed by atoms with Gasteiger partial charge in [-0.15, -0.1) is 0 Å². The first-order valence-electron chi connectivity index (χ1n) is 14.9. The molecular formula is C29H50O9S2. The van der Waals surface area contributed by atoms with E-state index in [1.807, 2.05) is 6.92 Å². The molecule has 0 spiro atoms.